The fourth-order valence-corrected chi connectivity index (χ4v) is 0.880. The van der Waals surface area contributed by atoms with Crippen LogP contribution in [0.4, 0.5) is 0 Å². The van der Waals surface area contributed by atoms with Crippen LogP contribution in [0.1, 0.15) is 12.5 Å². The Morgan fingerprint density at radius 1 is 1.69 bits per heavy atom. The molecule has 0 saturated heterocycles. The van der Waals surface area contributed by atoms with Gasteiger partial charge in [0.1, 0.15) is 0 Å². The Morgan fingerprint density at radius 3 is 3.15 bits per heavy atom. The summed E-state index contributed by atoms with van der Waals surface area (Å²) in [6.07, 6.45) is 6.64. The summed E-state index contributed by atoms with van der Waals surface area (Å²) in [6, 6.07) is 3.72. The molecule has 0 aliphatic carbocycles. The first-order chi connectivity index (χ1) is 6.33. The van der Waals surface area contributed by atoms with Gasteiger partial charge in [-0.05, 0) is 24.6 Å². The van der Waals surface area contributed by atoms with E-state index < -0.39 is 0 Å². The predicted octanol–water partition coefficient (Wildman–Crippen LogP) is 1.23. The number of carbonyl (C=O) groups excluding carboxylic acids is 1. The van der Waals surface area contributed by atoms with Gasteiger partial charge in [0.2, 0.25) is 5.91 Å². The average Bonchev–Trinajstić information content (AvgIpc) is 2.17. The van der Waals surface area contributed by atoms with Crippen LogP contribution in [-0.2, 0) is 4.79 Å². The Morgan fingerprint density at radius 2 is 2.54 bits per heavy atom. The van der Waals surface area contributed by atoms with Gasteiger partial charge in [-0.15, -0.1) is 0 Å². The molecule has 0 fully saturated rings. The van der Waals surface area contributed by atoms with E-state index in [4.69, 9.17) is 0 Å². The second-order valence-corrected chi connectivity index (χ2v) is 2.51. The van der Waals surface area contributed by atoms with Crippen LogP contribution in [0.15, 0.2) is 30.6 Å². The number of nitrogens with zero attached hydrogens (tertiary/aromatic N) is 1. The van der Waals surface area contributed by atoms with Crippen LogP contribution in [0.3, 0.4) is 0 Å². The molecule has 0 aliphatic heterocycles. The van der Waals surface area contributed by atoms with E-state index >= 15 is 0 Å². The van der Waals surface area contributed by atoms with Crippen LogP contribution >= 0.6 is 0 Å². The Hall–Kier alpha value is -1.64. The fourth-order valence-electron chi connectivity index (χ4n) is 0.880. The number of carbonyl (C=O) groups is 1. The van der Waals surface area contributed by atoms with E-state index in [1.54, 1.807) is 18.5 Å². The van der Waals surface area contributed by atoms with Gasteiger partial charge in [-0.1, -0.05) is 6.07 Å². The summed E-state index contributed by atoms with van der Waals surface area (Å²) in [4.78, 5) is 14.9. The summed E-state index contributed by atoms with van der Waals surface area (Å²) in [7, 11) is 0. The van der Waals surface area contributed by atoms with Crippen molar-refractivity contribution in [2.24, 2.45) is 0 Å². The molecule has 1 aromatic heterocycles. The van der Waals surface area contributed by atoms with Gasteiger partial charge in [-0.3, -0.25) is 9.78 Å². The number of rotatable bonds is 3. The molecule has 0 radical (unpaired) electrons. The van der Waals surface area contributed by atoms with Crippen molar-refractivity contribution in [2.75, 3.05) is 6.54 Å². The number of nitrogens with one attached hydrogen (secondary N) is 1. The molecule has 0 saturated carbocycles. The highest BCUT2D eigenvalue weighted by Gasteiger charge is 1.90. The van der Waals surface area contributed by atoms with Gasteiger partial charge in [-0.25, -0.2) is 0 Å². The molecule has 68 valence electrons. The molecule has 1 rings (SSSR count). The van der Waals surface area contributed by atoms with E-state index in [1.807, 2.05) is 19.1 Å². The molecule has 13 heavy (non-hydrogen) atoms. The van der Waals surface area contributed by atoms with Crippen LogP contribution in [0.5, 0.6) is 0 Å². The number of amides is 1. The van der Waals surface area contributed by atoms with Crippen molar-refractivity contribution in [3.05, 3.63) is 36.2 Å². The largest absolute Gasteiger partial charge is 0.353 e. The molecule has 1 amide bonds. The highest BCUT2D eigenvalue weighted by molar-refractivity contribution is 5.91. The number of pyridine rings is 1. The molecule has 0 spiro atoms. The van der Waals surface area contributed by atoms with Gasteiger partial charge in [0.05, 0.1) is 0 Å². The van der Waals surface area contributed by atoms with Crippen molar-refractivity contribution in [3.8, 4) is 0 Å². The topological polar surface area (TPSA) is 42.0 Å². The third-order valence-corrected chi connectivity index (χ3v) is 1.46. The van der Waals surface area contributed by atoms with E-state index in [-0.39, 0.29) is 5.91 Å². The van der Waals surface area contributed by atoms with Gasteiger partial charge in [0.15, 0.2) is 0 Å². The van der Waals surface area contributed by atoms with Gasteiger partial charge in [0, 0.05) is 25.0 Å². The molecule has 1 heterocycles. The molecule has 0 bridgehead atoms. The lowest BCUT2D eigenvalue weighted by atomic mass is 10.2. The Bertz CT molecular complexity index is 293. The van der Waals surface area contributed by atoms with Crippen molar-refractivity contribution in [2.45, 2.75) is 6.92 Å². The molecular weight excluding hydrogens is 164 g/mol. The van der Waals surface area contributed by atoms with Crippen molar-refractivity contribution < 1.29 is 4.79 Å². The molecule has 0 aliphatic rings. The number of likely N-dealkylation sites (N-methyl/N-ethyl adjacent to an activating group) is 1. The first-order valence-electron chi connectivity index (χ1n) is 4.19. The molecule has 1 aromatic rings. The molecule has 0 unspecified atom stereocenters. The lowest BCUT2D eigenvalue weighted by Crippen LogP contribution is -2.19. The smallest absolute Gasteiger partial charge is 0.243 e. The molecule has 3 nitrogen and oxygen atoms in total. The minimum atomic E-state index is -0.0775. The normalized spacial score (nSPS) is 10.2. The minimum absolute atomic E-state index is 0.0775. The summed E-state index contributed by atoms with van der Waals surface area (Å²) < 4.78 is 0. The maximum Gasteiger partial charge on any atom is 0.243 e. The summed E-state index contributed by atoms with van der Waals surface area (Å²) in [5.74, 6) is -0.0775. The SMILES string of the molecule is CCNC(=O)/C=C/c1cccnc1. The standard InChI is InChI=1S/C10H12N2O/c1-2-12-10(13)6-5-9-4-3-7-11-8-9/h3-8H,2H2,1H3,(H,12,13)/b6-5+. The summed E-state index contributed by atoms with van der Waals surface area (Å²) in [6.45, 7) is 2.53. The monoisotopic (exact) mass is 176 g/mol. The van der Waals surface area contributed by atoms with E-state index in [1.165, 1.54) is 6.08 Å². The van der Waals surface area contributed by atoms with Crippen molar-refractivity contribution in [1.29, 1.82) is 0 Å². The molecular formula is C10H12N2O. The van der Waals surface area contributed by atoms with E-state index in [0.29, 0.717) is 6.54 Å². The Labute approximate surface area is 77.5 Å². The molecule has 1 N–H and O–H groups in total. The average molecular weight is 176 g/mol. The lowest BCUT2D eigenvalue weighted by molar-refractivity contribution is -0.116. The van der Waals surface area contributed by atoms with E-state index in [2.05, 4.69) is 10.3 Å². The maximum absolute atomic E-state index is 11.0. The van der Waals surface area contributed by atoms with E-state index in [0.717, 1.165) is 5.56 Å². The van der Waals surface area contributed by atoms with Crippen LogP contribution in [0, 0.1) is 0 Å². The zero-order chi connectivity index (χ0) is 9.52. The second kappa shape index (κ2) is 5.09. The maximum atomic E-state index is 11.0. The van der Waals surface area contributed by atoms with Crippen molar-refractivity contribution in [3.63, 3.8) is 0 Å². The number of aromatic nitrogens is 1. The van der Waals surface area contributed by atoms with Crippen molar-refractivity contribution >= 4 is 12.0 Å². The first-order valence-corrected chi connectivity index (χ1v) is 4.19. The van der Waals surface area contributed by atoms with E-state index in [9.17, 15) is 4.79 Å². The molecule has 3 heteroatoms. The third-order valence-electron chi connectivity index (χ3n) is 1.46. The van der Waals surface area contributed by atoms with Crippen LogP contribution < -0.4 is 5.32 Å². The van der Waals surface area contributed by atoms with Gasteiger partial charge >= 0.3 is 0 Å². The number of hydrogen-bond donors (Lipinski definition) is 1. The van der Waals surface area contributed by atoms with Crippen molar-refractivity contribution in [1.82, 2.24) is 10.3 Å². The summed E-state index contributed by atoms with van der Waals surface area (Å²) >= 11 is 0. The van der Waals surface area contributed by atoms with Gasteiger partial charge in [-0.2, -0.15) is 0 Å². The van der Waals surface area contributed by atoms with Gasteiger partial charge < -0.3 is 5.32 Å². The van der Waals surface area contributed by atoms with Gasteiger partial charge in [0.25, 0.3) is 0 Å². The Balaban J connectivity index is 2.54. The first kappa shape index (κ1) is 9.45. The Kier molecular flexibility index (Phi) is 3.70. The fraction of sp³-hybridized carbons (Fsp3) is 0.200. The predicted molar refractivity (Wildman–Crippen MR) is 52.0 cm³/mol. The lowest BCUT2D eigenvalue weighted by Gasteiger charge is -1.94. The zero-order valence-corrected chi connectivity index (χ0v) is 7.53. The quantitative estimate of drug-likeness (QED) is 0.704. The number of hydrogen-bond acceptors (Lipinski definition) is 2. The summed E-state index contributed by atoms with van der Waals surface area (Å²) in [5.41, 5.74) is 0.925. The van der Waals surface area contributed by atoms with Crippen LogP contribution in [0.2, 0.25) is 0 Å². The van der Waals surface area contributed by atoms with Crippen LogP contribution in [-0.4, -0.2) is 17.4 Å². The minimum Gasteiger partial charge on any atom is -0.353 e. The zero-order valence-electron chi connectivity index (χ0n) is 7.53. The third kappa shape index (κ3) is 3.51. The van der Waals surface area contributed by atoms with Crippen LogP contribution in [0.25, 0.3) is 6.08 Å². The highest BCUT2D eigenvalue weighted by atomic mass is 16.1. The molecule has 0 aromatic carbocycles. The molecule has 0 atom stereocenters. The second-order valence-electron chi connectivity index (χ2n) is 2.51. The highest BCUT2D eigenvalue weighted by Crippen LogP contribution is 1.97. The summed E-state index contributed by atoms with van der Waals surface area (Å²) in [5, 5.41) is 2.67.